The highest BCUT2D eigenvalue weighted by Crippen LogP contribution is 2.22. The highest BCUT2D eigenvalue weighted by Gasteiger charge is 2.13. The number of hydrogen-bond donors (Lipinski definition) is 1. The third-order valence-electron chi connectivity index (χ3n) is 3.57. The third-order valence-corrected chi connectivity index (χ3v) is 3.57. The number of hydrogen-bond acceptors (Lipinski definition) is 4. The molecule has 3 rings (SSSR count). The first kappa shape index (κ1) is 14.1. The van der Waals surface area contributed by atoms with Crippen LogP contribution in [0.25, 0.3) is 11.4 Å². The first-order valence-electron chi connectivity index (χ1n) is 6.88. The predicted octanol–water partition coefficient (Wildman–Crippen LogP) is 2.94. The minimum Gasteiger partial charge on any atom is -0.469 e. The second-order valence-corrected chi connectivity index (χ2v) is 5.06. The van der Waals surface area contributed by atoms with Crippen molar-refractivity contribution < 1.29 is 9.21 Å². The van der Waals surface area contributed by atoms with Crippen molar-refractivity contribution in [2.75, 3.05) is 5.32 Å². The van der Waals surface area contributed by atoms with E-state index in [1.54, 1.807) is 13.0 Å². The van der Waals surface area contributed by atoms with E-state index in [2.05, 4.69) is 15.5 Å². The maximum Gasteiger partial charge on any atom is 0.259 e. The molecule has 3 aromatic rings. The number of carbonyl (C=O) groups excluding carboxylic acids is 1. The Labute approximate surface area is 127 Å². The summed E-state index contributed by atoms with van der Waals surface area (Å²) in [5.41, 5.74) is 2.12. The number of benzene rings is 1. The predicted molar refractivity (Wildman–Crippen MR) is 82.6 cm³/mol. The molecule has 1 amide bonds. The number of rotatable bonds is 3. The second-order valence-electron chi connectivity index (χ2n) is 5.06. The summed E-state index contributed by atoms with van der Waals surface area (Å²) in [5, 5.41) is 11.1. The van der Waals surface area contributed by atoms with E-state index in [4.69, 9.17) is 4.42 Å². The van der Waals surface area contributed by atoms with E-state index in [1.807, 2.05) is 42.8 Å². The van der Waals surface area contributed by atoms with Gasteiger partial charge >= 0.3 is 0 Å². The summed E-state index contributed by atoms with van der Waals surface area (Å²) in [6.45, 7) is 3.65. The Morgan fingerprint density at radius 1 is 1.23 bits per heavy atom. The highest BCUT2D eigenvalue weighted by atomic mass is 16.3. The van der Waals surface area contributed by atoms with E-state index < -0.39 is 0 Å². The molecule has 0 spiro atoms. The fraction of sp³-hybridized carbons (Fsp3) is 0.188. The number of nitrogens with one attached hydrogen (secondary N) is 1. The zero-order valence-corrected chi connectivity index (χ0v) is 12.6. The van der Waals surface area contributed by atoms with Crippen molar-refractivity contribution in [2.24, 2.45) is 7.05 Å². The summed E-state index contributed by atoms with van der Waals surface area (Å²) in [5.74, 6) is 1.99. The van der Waals surface area contributed by atoms with Gasteiger partial charge in [-0.25, -0.2) is 0 Å². The molecule has 0 saturated carbocycles. The SMILES string of the molecule is Cc1occc1C(=O)Nc1cccc(-c2nnc(C)n2C)c1. The van der Waals surface area contributed by atoms with Crippen LogP contribution in [0.1, 0.15) is 21.9 Å². The summed E-state index contributed by atoms with van der Waals surface area (Å²) in [7, 11) is 1.91. The quantitative estimate of drug-likeness (QED) is 0.806. The molecule has 22 heavy (non-hydrogen) atoms. The number of amides is 1. The molecular formula is C16H16N4O2. The van der Waals surface area contributed by atoms with Gasteiger partial charge in [-0.3, -0.25) is 4.79 Å². The van der Waals surface area contributed by atoms with Crippen LogP contribution in [0.3, 0.4) is 0 Å². The summed E-state index contributed by atoms with van der Waals surface area (Å²) in [6.07, 6.45) is 1.50. The minimum atomic E-state index is -0.197. The molecule has 6 heteroatoms. The third kappa shape index (κ3) is 2.50. The van der Waals surface area contributed by atoms with Crippen molar-refractivity contribution in [2.45, 2.75) is 13.8 Å². The molecular weight excluding hydrogens is 280 g/mol. The van der Waals surface area contributed by atoms with E-state index in [0.717, 1.165) is 17.2 Å². The molecule has 0 aliphatic carbocycles. The lowest BCUT2D eigenvalue weighted by Crippen LogP contribution is -2.12. The van der Waals surface area contributed by atoms with Gasteiger partial charge in [0.25, 0.3) is 5.91 Å². The van der Waals surface area contributed by atoms with Gasteiger partial charge in [0.2, 0.25) is 0 Å². The van der Waals surface area contributed by atoms with Crippen LogP contribution in [-0.2, 0) is 7.05 Å². The lowest BCUT2D eigenvalue weighted by Gasteiger charge is -2.07. The van der Waals surface area contributed by atoms with Crippen molar-refractivity contribution in [3.8, 4) is 11.4 Å². The van der Waals surface area contributed by atoms with Crippen LogP contribution >= 0.6 is 0 Å². The molecule has 112 valence electrons. The average Bonchev–Trinajstić information content (AvgIpc) is 3.06. The molecule has 1 N–H and O–H groups in total. The highest BCUT2D eigenvalue weighted by molar-refractivity contribution is 6.05. The fourth-order valence-corrected chi connectivity index (χ4v) is 2.21. The summed E-state index contributed by atoms with van der Waals surface area (Å²) in [6, 6.07) is 9.16. The molecule has 0 atom stereocenters. The van der Waals surface area contributed by atoms with Gasteiger partial charge in [0.1, 0.15) is 11.6 Å². The number of aryl methyl sites for hydroxylation is 2. The fourth-order valence-electron chi connectivity index (χ4n) is 2.21. The summed E-state index contributed by atoms with van der Waals surface area (Å²) < 4.78 is 7.06. The van der Waals surface area contributed by atoms with Crippen LogP contribution in [-0.4, -0.2) is 20.7 Å². The van der Waals surface area contributed by atoms with E-state index >= 15 is 0 Å². The first-order chi connectivity index (χ1) is 10.6. The van der Waals surface area contributed by atoms with E-state index in [-0.39, 0.29) is 5.91 Å². The molecule has 2 heterocycles. The molecule has 0 bridgehead atoms. The molecule has 0 saturated heterocycles. The maximum absolute atomic E-state index is 12.2. The van der Waals surface area contributed by atoms with Crippen LogP contribution in [0.15, 0.2) is 41.0 Å². The molecule has 0 aliphatic rings. The maximum atomic E-state index is 12.2. The number of carbonyl (C=O) groups is 1. The van der Waals surface area contributed by atoms with Gasteiger partial charge in [-0.1, -0.05) is 12.1 Å². The van der Waals surface area contributed by atoms with Crippen molar-refractivity contribution >= 4 is 11.6 Å². The van der Waals surface area contributed by atoms with Gasteiger partial charge in [0.05, 0.1) is 11.8 Å². The number of anilines is 1. The normalized spacial score (nSPS) is 10.7. The van der Waals surface area contributed by atoms with Crippen LogP contribution < -0.4 is 5.32 Å². The van der Waals surface area contributed by atoms with Gasteiger partial charge in [0.15, 0.2) is 5.82 Å². The van der Waals surface area contributed by atoms with Crippen LogP contribution in [0.2, 0.25) is 0 Å². The number of nitrogens with zero attached hydrogens (tertiary/aromatic N) is 3. The van der Waals surface area contributed by atoms with Gasteiger partial charge in [-0.2, -0.15) is 0 Å². The van der Waals surface area contributed by atoms with Crippen molar-refractivity contribution in [1.29, 1.82) is 0 Å². The molecule has 0 radical (unpaired) electrons. The molecule has 0 fully saturated rings. The van der Waals surface area contributed by atoms with Crippen LogP contribution in [0, 0.1) is 13.8 Å². The molecule has 2 aromatic heterocycles. The Balaban J connectivity index is 1.87. The molecule has 1 aromatic carbocycles. The van der Waals surface area contributed by atoms with Crippen molar-refractivity contribution in [3.05, 3.63) is 53.7 Å². The second kappa shape index (κ2) is 5.48. The lowest BCUT2D eigenvalue weighted by molar-refractivity contribution is 0.102. The van der Waals surface area contributed by atoms with E-state index in [0.29, 0.717) is 17.0 Å². The molecule has 0 aliphatic heterocycles. The Morgan fingerprint density at radius 3 is 2.68 bits per heavy atom. The summed E-state index contributed by atoms with van der Waals surface area (Å²) in [4.78, 5) is 12.2. The van der Waals surface area contributed by atoms with E-state index in [9.17, 15) is 4.79 Å². The largest absolute Gasteiger partial charge is 0.469 e. The van der Waals surface area contributed by atoms with Crippen molar-refractivity contribution in [1.82, 2.24) is 14.8 Å². The summed E-state index contributed by atoms with van der Waals surface area (Å²) >= 11 is 0. The van der Waals surface area contributed by atoms with Crippen LogP contribution in [0.4, 0.5) is 5.69 Å². The van der Waals surface area contributed by atoms with Gasteiger partial charge < -0.3 is 14.3 Å². The topological polar surface area (TPSA) is 73.0 Å². The molecule has 6 nitrogen and oxygen atoms in total. The Morgan fingerprint density at radius 2 is 2.05 bits per heavy atom. The zero-order chi connectivity index (χ0) is 15.7. The Bertz CT molecular complexity index is 832. The lowest BCUT2D eigenvalue weighted by atomic mass is 10.1. The molecule has 0 unspecified atom stereocenters. The number of aromatic nitrogens is 3. The Hall–Kier alpha value is -2.89. The average molecular weight is 296 g/mol. The van der Waals surface area contributed by atoms with Crippen molar-refractivity contribution in [3.63, 3.8) is 0 Å². The van der Waals surface area contributed by atoms with Gasteiger partial charge in [-0.15, -0.1) is 10.2 Å². The standard InChI is InChI=1S/C16H16N4O2/c1-10-14(7-8-22-10)16(21)17-13-6-4-5-12(9-13)15-19-18-11(2)20(15)3/h4-9H,1-3H3,(H,17,21). The Kier molecular flexibility index (Phi) is 3.50. The van der Waals surface area contributed by atoms with E-state index in [1.165, 1.54) is 6.26 Å². The van der Waals surface area contributed by atoms with Crippen LogP contribution in [0.5, 0.6) is 0 Å². The number of furan rings is 1. The smallest absolute Gasteiger partial charge is 0.259 e. The minimum absolute atomic E-state index is 0.197. The monoisotopic (exact) mass is 296 g/mol. The first-order valence-corrected chi connectivity index (χ1v) is 6.88. The zero-order valence-electron chi connectivity index (χ0n) is 12.6. The van der Waals surface area contributed by atoms with Gasteiger partial charge in [-0.05, 0) is 32.0 Å². The van der Waals surface area contributed by atoms with Gasteiger partial charge in [0, 0.05) is 18.3 Å².